The molecule has 3 nitrogen and oxygen atoms in total. The molecule has 0 fully saturated rings. The van der Waals surface area contributed by atoms with Crippen molar-refractivity contribution in [3.8, 4) is 0 Å². The van der Waals surface area contributed by atoms with Gasteiger partial charge >= 0.3 is 5.97 Å². The van der Waals surface area contributed by atoms with Crippen LogP contribution < -0.4 is 0 Å². The van der Waals surface area contributed by atoms with Crippen molar-refractivity contribution in [3.63, 3.8) is 0 Å². The Labute approximate surface area is 73.5 Å². The highest BCUT2D eigenvalue weighted by molar-refractivity contribution is 9.09. The third-order valence-corrected chi connectivity index (χ3v) is 1.48. The maximum Gasteiger partial charge on any atom is 0.313 e. The standard InChI is InChI=1S/C7H9BrO3/c1-2-3-11-7(10)4-6(9)5-8/h2H,1,3-5H2. The minimum absolute atomic E-state index is 0.161. The molecule has 0 radical (unpaired) electrons. The van der Waals surface area contributed by atoms with Crippen LogP contribution in [0.2, 0.25) is 0 Å². The van der Waals surface area contributed by atoms with Crippen molar-refractivity contribution in [1.82, 2.24) is 0 Å². The predicted molar refractivity (Wildman–Crippen MR) is 44.6 cm³/mol. The van der Waals surface area contributed by atoms with E-state index in [2.05, 4.69) is 27.2 Å². The summed E-state index contributed by atoms with van der Waals surface area (Å²) in [5.41, 5.74) is 0. The average Bonchev–Trinajstić information content (AvgIpc) is 2.00. The van der Waals surface area contributed by atoms with E-state index in [0.29, 0.717) is 0 Å². The van der Waals surface area contributed by atoms with E-state index in [1.165, 1.54) is 6.08 Å². The molecule has 0 aromatic heterocycles. The molecule has 0 saturated heterocycles. The number of ketones is 1. The number of hydrogen-bond donors (Lipinski definition) is 0. The van der Waals surface area contributed by atoms with Crippen LogP contribution >= 0.6 is 15.9 Å². The van der Waals surface area contributed by atoms with Crippen molar-refractivity contribution in [2.75, 3.05) is 11.9 Å². The molecule has 0 unspecified atom stereocenters. The Kier molecular flexibility index (Phi) is 5.74. The number of halogens is 1. The van der Waals surface area contributed by atoms with Crippen LogP contribution in [0.15, 0.2) is 12.7 Å². The van der Waals surface area contributed by atoms with Gasteiger partial charge in [0.15, 0.2) is 5.78 Å². The second-order valence-electron chi connectivity index (χ2n) is 1.82. The number of rotatable bonds is 5. The van der Waals surface area contributed by atoms with Crippen molar-refractivity contribution in [3.05, 3.63) is 12.7 Å². The topological polar surface area (TPSA) is 43.4 Å². The Morgan fingerprint density at radius 3 is 2.64 bits per heavy atom. The summed E-state index contributed by atoms with van der Waals surface area (Å²) in [7, 11) is 0. The smallest absolute Gasteiger partial charge is 0.313 e. The summed E-state index contributed by atoms with van der Waals surface area (Å²) in [4.78, 5) is 21.3. The van der Waals surface area contributed by atoms with Crippen molar-refractivity contribution in [2.24, 2.45) is 0 Å². The van der Waals surface area contributed by atoms with E-state index < -0.39 is 5.97 Å². The fourth-order valence-corrected chi connectivity index (χ4v) is 0.609. The fraction of sp³-hybridized carbons (Fsp3) is 0.429. The summed E-state index contributed by atoms with van der Waals surface area (Å²) in [5.74, 6) is -0.687. The minimum atomic E-state index is -0.505. The fourth-order valence-electron chi connectivity index (χ4n) is 0.411. The van der Waals surface area contributed by atoms with Crippen LogP contribution in [0.1, 0.15) is 6.42 Å². The molecular weight excluding hydrogens is 212 g/mol. The molecular formula is C7H9BrO3. The Morgan fingerprint density at radius 1 is 1.55 bits per heavy atom. The molecule has 11 heavy (non-hydrogen) atoms. The summed E-state index contributed by atoms with van der Waals surface area (Å²) in [6, 6.07) is 0. The zero-order valence-corrected chi connectivity index (χ0v) is 7.59. The van der Waals surface area contributed by atoms with Gasteiger partial charge in [-0.1, -0.05) is 28.6 Å². The van der Waals surface area contributed by atoms with Gasteiger partial charge in [-0.15, -0.1) is 0 Å². The van der Waals surface area contributed by atoms with E-state index in [1.807, 2.05) is 0 Å². The molecule has 0 aliphatic rings. The summed E-state index contributed by atoms with van der Waals surface area (Å²) in [6.07, 6.45) is 1.29. The Bertz CT molecular complexity index is 165. The molecule has 0 heterocycles. The maximum atomic E-state index is 10.7. The first-order valence-corrected chi connectivity index (χ1v) is 4.17. The number of carbonyl (C=O) groups is 2. The highest BCUT2D eigenvalue weighted by Crippen LogP contribution is 1.92. The van der Waals surface area contributed by atoms with Crippen molar-refractivity contribution in [2.45, 2.75) is 6.42 Å². The molecule has 0 N–H and O–H groups in total. The Hall–Kier alpha value is -0.640. The lowest BCUT2D eigenvalue weighted by Gasteiger charge is -1.98. The summed E-state index contributed by atoms with van der Waals surface area (Å²) in [6.45, 7) is 3.52. The zero-order valence-electron chi connectivity index (χ0n) is 6.01. The number of Topliss-reactive ketones (excluding diaryl/α,β-unsaturated/α-hetero) is 1. The Balaban J connectivity index is 3.51. The van der Waals surface area contributed by atoms with Crippen LogP contribution in [0.25, 0.3) is 0 Å². The Morgan fingerprint density at radius 2 is 2.18 bits per heavy atom. The van der Waals surface area contributed by atoms with Crippen molar-refractivity contribution in [1.29, 1.82) is 0 Å². The molecule has 0 aromatic rings. The second-order valence-corrected chi connectivity index (χ2v) is 2.38. The lowest BCUT2D eigenvalue weighted by Crippen LogP contribution is -2.11. The van der Waals surface area contributed by atoms with E-state index in [4.69, 9.17) is 0 Å². The molecule has 0 bridgehead atoms. The third-order valence-electron chi connectivity index (χ3n) is 0.853. The first kappa shape index (κ1) is 10.4. The number of ether oxygens (including phenoxy) is 1. The van der Waals surface area contributed by atoms with E-state index in [-0.39, 0.29) is 24.1 Å². The molecule has 0 aliphatic heterocycles. The maximum absolute atomic E-state index is 10.7. The first-order valence-electron chi connectivity index (χ1n) is 3.05. The van der Waals surface area contributed by atoms with E-state index in [9.17, 15) is 9.59 Å². The van der Waals surface area contributed by atoms with Crippen LogP contribution in [-0.4, -0.2) is 23.7 Å². The molecule has 0 aromatic carbocycles. The largest absolute Gasteiger partial charge is 0.461 e. The van der Waals surface area contributed by atoms with Crippen LogP contribution in [0.3, 0.4) is 0 Å². The summed E-state index contributed by atoms with van der Waals surface area (Å²) >= 11 is 2.93. The van der Waals surface area contributed by atoms with Gasteiger partial charge in [-0.3, -0.25) is 9.59 Å². The van der Waals surface area contributed by atoms with Gasteiger partial charge in [-0.25, -0.2) is 0 Å². The molecule has 0 atom stereocenters. The molecule has 62 valence electrons. The van der Waals surface area contributed by atoms with Gasteiger partial charge in [0.25, 0.3) is 0 Å². The number of hydrogen-bond acceptors (Lipinski definition) is 3. The van der Waals surface area contributed by atoms with Crippen LogP contribution in [-0.2, 0) is 14.3 Å². The molecule has 0 rings (SSSR count). The SMILES string of the molecule is C=CCOC(=O)CC(=O)CBr. The van der Waals surface area contributed by atoms with Gasteiger partial charge in [-0.05, 0) is 0 Å². The average molecular weight is 221 g/mol. The van der Waals surface area contributed by atoms with Gasteiger partial charge in [0.1, 0.15) is 13.0 Å². The zero-order chi connectivity index (χ0) is 8.69. The molecule has 0 amide bonds. The predicted octanol–water partition coefficient (Wildman–Crippen LogP) is 1.07. The lowest BCUT2D eigenvalue weighted by atomic mass is 10.3. The second kappa shape index (κ2) is 6.09. The molecule has 0 saturated carbocycles. The summed E-state index contributed by atoms with van der Waals surface area (Å²) in [5, 5.41) is 0.191. The lowest BCUT2D eigenvalue weighted by molar-refractivity contribution is -0.144. The summed E-state index contributed by atoms with van der Waals surface area (Å²) < 4.78 is 4.56. The minimum Gasteiger partial charge on any atom is -0.461 e. The van der Waals surface area contributed by atoms with Crippen molar-refractivity contribution < 1.29 is 14.3 Å². The molecule has 0 spiro atoms. The van der Waals surface area contributed by atoms with E-state index >= 15 is 0 Å². The van der Waals surface area contributed by atoms with Gasteiger partial charge < -0.3 is 4.74 Å². The first-order chi connectivity index (χ1) is 5.20. The van der Waals surface area contributed by atoms with E-state index in [0.717, 1.165) is 0 Å². The van der Waals surface area contributed by atoms with E-state index in [1.54, 1.807) is 0 Å². The van der Waals surface area contributed by atoms with Gasteiger partial charge in [-0.2, -0.15) is 0 Å². The van der Waals surface area contributed by atoms with Crippen molar-refractivity contribution >= 4 is 27.7 Å². The van der Waals surface area contributed by atoms with Gasteiger partial charge in [0, 0.05) is 0 Å². The normalized spacial score (nSPS) is 8.82. The highest BCUT2D eigenvalue weighted by atomic mass is 79.9. The van der Waals surface area contributed by atoms with Crippen LogP contribution in [0, 0.1) is 0 Å². The third kappa shape index (κ3) is 5.79. The highest BCUT2D eigenvalue weighted by Gasteiger charge is 2.07. The quantitative estimate of drug-likeness (QED) is 0.302. The van der Waals surface area contributed by atoms with Gasteiger partial charge in [0.2, 0.25) is 0 Å². The van der Waals surface area contributed by atoms with Crippen LogP contribution in [0.5, 0.6) is 0 Å². The molecule has 4 heteroatoms. The number of carbonyl (C=O) groups excluding carboxylic acids is 2. The number of alkyl halides is 1. The molecule has 0 aliphatic carbocycles. The number of esters is 1. The van der Waals surface area contributed by atoms with Gasteiger partial charge in [0.05, 0.1) is 5.33 Å². The monoisotopic (exact) mass is 220 g/mol. The van der Waals surface area contributed by atoms with Crippen LogP contribution in [0.4, 0.5) is 0 Å².